The first kappa shape index (κ1) is 15.0. The van der Waals surface area contributed by atoms with Gasteiger partial charge in [0.05, 0.1) is 11.1 Å². The van der Waals surface area contributed by atoms with Gasteiger partial charge in [0.1, 0.15) is 6.61 Å². The van der Waals surface area contributed by atoms with Crippen molar-refractivity contribution >= 4 is 17.6 Å². The molecule has 104 valence electrons. The molecule has 8 heteroatoms. The average Bonchev–Trinajstić information content (AvgIpc) is 2.27. The molecule has 1 rings (SSSR count). The highest BCUT2D eigenvalue weighted by Gasteiger charge is 2.32. The zero-order valence-electron chi connectivity index (χ0n) is 9.75. The Balaban J connectivity index is 3.14. The van der Waals surface area contributed by atoms with Crippen LogP contribution in [0.15, 0.2) is 18.2 Å². The van der Waals surface area contributed by atoms with Crippen LogP contribution in [0, 0.1) is 0 Å². The molecule has 0 aromatic heterocycles. The van der Waals surface area contributed by atoms with Crippen LogP contribution in [0.5, 0.6) is 0 Å². The predicted molar refractivity (Wildman–Crippen MR) is 58.9 cm³/mol. The Morgan fingerprint density at radius 3 is 2.42 bits per heavy atom. The van der Waals surface area contributed by atoms with Gasteiger partial charge in [-0.05, 0) is 18.2 Å². The number of carboxylic acids is 1. The third-order valence-electron chi connectivity index (χ3n) is 2.07. The van der Waals surface area contributed by atoms with E-state index in [0.717, 1.165) is 6.07 Å². The maximum Gasteiger partial charge on any atom is 0.416 e. The summed E-state index contributed by atoms with van der Waals surface area (Å²) in [5, 5.41) is 10.9. The molecule has 1 amide bonds. The van der Waals surface area contributed by atoms with Crippen LogP contribution >= 0.6 is 0 Å². The number of carbonyl (C=O) groups excluding carboxylic acids is 1. The molecule has 19 heavy (non-hydrogen) atoms. The van der Waals surface area contributed by atoms with Crippen molar-refractivity contribution in [3.05, 3.63) is 29.3 Å². The first-order valence-corrected chi connectivity index (χ1v) is 4.98. The van der Waals surface area contributed by atoms with Gasteiger partial charge in [-0.1, -0.05) is 0 Å². The maximum absolute atomic E-state index is 12.6. The van der Waals surface area contributed by atoms with Crippen LogP contribution in [-0.4, -0.2) is 30.7 Å². The van der Waals surface area contributed by atoms with Crippen LogP contribution < -0.4 is 5.32 Å². The standard InChI is InChI=1S/C11H10F3NO4/c1-19-5-9(16)15-8-3-6(10(17)18)2-7(4-8)11(12,13)14/h2-4H,5H2,1H3,(H,15,16)(H,17,18). The van der Waals surface area contributed by atoms with Crippen LogP contribution in [0.2, 0.25) is 0 Å². The molecule has 0 saturated carbocycles. The maximum atomic E-state index is 12.6. The lowest BCUT2D eigenvalue weighted by Crippen LogP contribution is -2.18. The molecule has 5 nitrogen and oxygen atoms in total. The number of rotatable bonds is 4. The Morgan fingerprint density at radius 1 is 1.32 bits per heavy atom. The van der Waals surface area contributed by atoms with Crippen molar-refractivity contribution in [3.8, 4) is 0 Å². The predicted octanol–water partition coefficient (Wildman–Crippen LogP) is 1.99. The topological polar surface area (TPSA) is 75.6 Å². The van der Waals surface area contributed by atoms with Gasteiger partial charge in [-0.25, -0.2) is 4.79 Å². The lowest BCUT2D eigenvalue weighted by atomic mass is 10.1. The van der Waals surface area contributed by atoms with Crippen LogP contribution in [0.4, 0.5) is 18.9 Å². The Labute approximate surface area is 106 Å². The molecule has 0 radical (unpaired) electrons. The Bertz CT molecular complexity index is 499. The second-order valence-corrected chi connectivity index (χ2v) is 3.58. The third-order valence-corrected chi connectivity index (χ3v) is 2.07. The summed E-state index contributed by atoms with van der Waals surface area (Å²) in [7, 11) is 1.24. The lowest BCUT2D eigenvalue weighted by Gasteiger charge is -2.11. The van der Waals surface area contributed by atoms with E-state index in [1.54, 1.807) is 0 Å². The Kier molecular flexibility index (Phi) is 4.49. The van der Waals surface area contributed by atoms with Crippen molar-refractivity contribution in [1.29, 1.82) is 0 Å². The number of halogens is 3. The minimum atomic E-state index is -4.70. The first-order chi connectivity index (χ1) is 8.74. The van der Waals surface area contributed by atoms with Gasteiger partial charge in [0, 0.05) is 12.8 Å². The summed E-state index contributed by atoms with van der Waals surface area (Å²) in [5.74, 6) is -2.20. The summed E-state index contributed by atoms with van der Waals surface area (Å²) in [6, 6.07) is 2.08. The van der Waals surface area contributed by atoms with Crippen LogP contribution in [-0.2, 0) is 15.7 Å². The summed E-state index contributed by atoms with van der Waals surface area (Å²) in [5.41, 5.74) is -1.98. The number of benzene rings is 1. The summed E-state index contributed by atoms with van der Waals surface area (Å²) in [6.45, 7) is -0.349. The van der Waals surface area contributed by atoms with Crippen molar-refractivity contribution in [1.82, 2.24) is 0 Å². The van der Waals surface area contributed by atoms with Gasteiger partial charge in [0.2, 0.25) is 5.91 Å². The Morgan fingerprint density at radius 2 is 1.95 bits per heavy atom. The molecule has 0 unspecified atom stereocenters. The monoisotopic (exact) mass is 277 g/mol. The SMILES string of the molecule is COCC(=O)Nc1cc(C(=O)O)cc(C(F)(F)F)c1. The van der Waals surface area contributed by atoms with Crippen molar-refractivity contribution in [2.75, 3.05) is 19.0 Å². The number of anilines is 1. The summed E-state index contributed by atoms with van der Waals surface area (Å²) in [4.78, 5) is 21.9. The van der Waals surface area contributed by atoms with Gasteiger partial charge in [-0.15, -0.1) is 0 Å². The molecular formula is C11H10F3NO4. The van der Waals surface area contributed by atoms with Gasteiger partial charge < -0.3 is 15.2 Å². The molecule has 0 fully saturated rings. The minimum Gasteiger partial charge on any atom is -0.478 e. The van der Waals surface area contributed by atoms with Crippen molar-refractivity contribution in [2.45, 2.75) is 6.18 Å². The lowest BCUT2D eigenvalue weighted by molar-refractivity contribution is -0.137. The van der Waals surface area contributed by atoms with E-state index in [-0.39, 0.29) is 12.3 Å². The van der Waals surface area contributed by atoms with Crippen molar-refractivity contribution < 1.29 is 32.6 Å². The average molecular weight is 277 g/mol. The number of carbonyl (C=O) groups is 2. The number of hydrogen-bond donors (Lipinski definition) is 2. The third kappa shape index (κ3) is 4.25. The number of aromatic carboxylic acids is 1. The van der Waals surface area contributed by atoms with E-state index < -0.39 is 29.2 Å². The number of carboxylic acid groups (broad SMARTS) is 1. The second-order valence-electron chi connectivity index (χ2n) is 3.58. The molecule has 1 aromatic carbocycles. The van der Waals surface area contributed by atoms with Crippen LogP contribution in [0.25, 0.3) is 0 Å². The summed E-state index contributed by atoms with van der Waals surface area (Å²) < 4.78 is 42.2. The van der Waals surface area contributed by atoms with Gasteiger partial charge in [0.25, 0.3) is 0 Å². The smallest absolute Gasteiger partial charge is 0.416 e. The van der Waals surface area contributed by atoms with Crippen molar-refractivity contribution in [2.24, 2.45) is 0 Å². The van der Waals surface area contributed by atoms with Gasteiger partial charge >= 0.3 is 12.1 Å². The number of methoxy groups -OCH3 is 1. The quantitative estimate of drug-likeness (QED) is 0.882. The molecule has 0 heterocycles. The highest BCUT2D eigenvalue weighted by atomic mass is 19.4. The van der Waals surface area contributed by atoms with Gasteiger partial charge in [-0.2, -0.15) is 13.2 Å². The van der Waals surface area contributed by atoms with E-state index in [0.29, 0.717) is 12.1 Å². The number of amides is 1. The van der Waals surface area contributed by atoms with Crippen LogP contribution in [0.3, 0.4) is 0 Å². The summed E-state index contributed by atoms with van der Waals surface area (Å²) in [6.07, 6.45) is -4.70. The molecule has 0 atom stereocenters. The van der Waals surface area contributed by atoms with E-state index >= 15 is 0 Å². The van der Waals surface area contributed by atoms with E-state index in [1.165, 1.54) is 7.11 Å². The fourth-order valence-electron chi connectivity index (χ4n) is 1.32. The fraction of sp³-hybridized carbons (Fsp3) is 0.273. The molecule has 0 aliphatic heterocycles. The first-order valence-electron chi connectivity index (χ1n) is 4.98. The molecule has 0 spiro atoms. The number of alkyl halides is 3. The molecule has 0 aliphatic rings. The largest absolute Gasteiger partial charge is 0.478 e. The fourth-order valence-corrected chi connectivity index (χ4v) is 1.32. The number of hydrogen-bond acceptors (Lipinski definition) is 3. The zero-order chi connectivity index (χ0) is 14.6. The minimum absolute atomic E-state index is 0.255. The molecule has 0 saturated heterocycles. The van der Waals surface area contributed by atoms with E-state index in [2.05, 4.69) is 10.1 Å². The highest BCUT2D eigenvalue weighted by molar-refractivity contribution is 5.94. The van der Waals surface area contributed by atoms with E-state index in [1.807, 2.05) is 0 Å². The molecule has 2 N–H and O–H groups in total. The molecule has 0 bridgehead atoms. The second kappa shape index (κ2) is 5.70. The number of nitrogens with one attached hydrogen (secondary N) is 1. The van der Waals surface area contributed by atoms with Crippen LogP contribution in [0.1, 0.15) is 15.9 Å². The normalized spacial score (nSPS) is 11.2. The zero-order valence-corrected chi connectivity index (χ0v) is 9.75. The number of ether oxygens (including phenoxy) is 1. The molecule has 0 aliphatic carbocycles. The molecular weight excluding hydrogens is 267 g/mol. The van der Waals surface area contributed by atoms with E-state index in [9.17, 15) is 22.8 Å². The van der Waals surface area contributed by atoms with E-state index in [4.69, 9.17) is 5.11 Å². The highest BCUT2D eigenvalue weighted by Crippen LogP contribution is 2.32. The van der Waals surface area contributed by atoms with Gasteiger partial charge in [-0.3, -0.25) is 4.79 Å². The molecule has 1 aromatic rings. The summed E-state index contributed by atoms with van der Waals surface area (Å²) >= 11 is 0. The van der Waals surface area contributed by atoms with Crippen molar-refractivity contribution in [3.63, 3.8) is 0 Å². The van der Waals surface area contributed by atoms with Gasteiger partial charge in [0.15, 0.2) is 0 Å². The Hall–Kier alpha value is -2.09.